The van der Waals surface area contributed by atoms with E-state index in [9.17, 15) is 14.7 Å². The predicted octanol–water partition coefficient (Wildman–Crippen LogP) is 3.32. The standard InChI is InChI=1S/C26H29NO8/c1-4-32-18-8-6-16(14-20(18)33-5-2)23-22(25(29)26(30)27(23)10-11-31-3)24(28)17-7-9-19-21(15-17)35-13-12-34-19/h6-9,14-15,23,28H,4-5,10-13H2,1-3H3/b24-22+/t23-/m0/s1. The van der Waals surface area contributed by atoms with Gasteiger partial charge in [-0.25, -0.2) is 0 Å². The first-order chi connectivity index (χ1) is 17.0. The van der Waals surface area contributed by atoms with Gasteiger partial charge in [0.15, 0.2) is 23.0 Å². The molecule has 2 aliphatic rings. The molecule has 0 saturated carbocycles. The molecule has 9 heteroatoms. The summed E-state index contributed by atoms with van der Waals surface area (Å²) in [6.45, 7) is 5.80. The number of ketones is 1. The molecule has 0 unspecified atom stereocenters. The summed E-state index contributed by atoms with van der Waals surface area (Å²) >= 11 is 0. The number of ether oxygens (including phenoxy) is 5. The third-order valence-corrected chi connectivity index (χ3v) is 5.78. The lowest BCUT2D eigenvalue weighted by molar-refractivity contribution is -0.140. The first kappa shape index (κ1) is 24.4. The first-order valence-corrected chi connectivity index (χ1v) is 11.6. The van der Waals surface area contributed by atoms with E-state index in [1.54, 1.807) is 36.4 Å². The van der Waals surface area contributed by atoms with Crippen LogP contribution in [0.1, 0.15) is 31.0 Å². The second kappa shape index (κ2) is 10.7. The van der Waals surface area contributed by atoms with E-state index in [4.69, 9.17) is 23.7 Å². The number of fused-ring (bicyclic) bond motifs is 1. The molecule has 0 spiro atoms. The van der Waals surface area contributed by atoms with Crippen molar-refractivity contribution in [3.63, 3.8) is 0 Å². The number of methoxy groups -OCH3 is 1. The largest absolute Gasteiger partial charge is 0.507 e. The molecule has 0 bridgehead atoms. The number of aliphatic hydroxyl groups excluding tert-OH is 1. The third-order valence-electron chi connectivity index (χ3n) is 5.78. The molecule has 1 N–H and O–H groups in total. The number of aliphatic hydroxyl groups is 1. The molecule has 1 fully saturated rings. The van der Waals surface area contributed by atoms with Gasteiger partial charge in [-0.15, -0.1) is 0 Å². The maximum Gasteiger partial charge on any atom is 0.295 e. The average molecular weight is 484 g/mol. The number of carbonyl (C=O) groups is 2. The van der Waals surface area contributed by atoms with Crippen LogP contribution in [0.4, 0.5) is 0 Å². The van der Waals surface area contributed by atoms with Gasteiger partial charge in [0.25, 0.3) is 11.7 Å². The Morgan fingerprint density at radius 3 is 2.43 bits per heavy atom. The third kappa shape index (κ3) is 4.77. The van der Waals surface area contributed by atoms with Crippen LogP contribution in [0, 0.1) is 0 Å². The number of Topliss-reactive ketones (excluding diaryl/α,β-unsaturated/α-hetero) is 1. The Kier molecular flexibility index (Phi) is 7.45. The summed E-state index contributed by atoms with van der Waals surface area (Å²) in [6, 6.07) is 9.31. The molecule has 0 radical (unpaired) electrons. The summed E-state index contributed by atoms with van der Waals surface area (Å²) in [4.78, 5) is 27.6. The normalized spacial score (nSPS) is 18.6. The number of hydrogen-bond acceptors (Lipinski definition) is 8. The number of carbonyl (C=O) groups excluding carboxylic acids is 2. The van der Waals surface area contributed by atoms with Crippen molar-refractivity contribution in [2.24, 2.45) is 0 Å². The number of likely N-dealkylation sites (tertiary alicyclic amines) is 1. The van der Waals surface area contributed by atoms with Gasteiger partial charge >= 0.3 is 0 Å². The zero-order valence-electron chi connectivity index (χ0n) is 20.0. The summed E-state index contributed by atoms with van der Waals surface area (Å²) in [5.74, 6) is 0.283. The number of hydrogen-bond donors (Lipinski definition) is 1. The van der Waals surface area contributed by atoms with Crippen molar-refractivity contribution in [1.29, 1.82) is 0 Å². The van der Waals surface area contributed by atoms with Crippen LogP contribution in [0.25, 0.3) is 5.76 Å². The molecule has 0 aromatic heterocycles. The van der Waals surface area contributed by atoms with Crippen molar-refractivity contribution in [1.82, 2.24) is 4.90 Å². The summed E-state index contributed by atoms with van der Waals surface area (Å²) in [5.41, 5.74) is 0.931. The van der Waals surface area contributed by atoms with Gasteiger partial charge in [-0.2, -0.15) is 0 Å². The minimum absolute atomic E-state index is 0.0191. The summed E-state index contributed by atoms with van der Waals surface area (Å²) < 4.78 is 27.8. The van der Waals surface area contributed by atoms with Gasteiger partial charge in [-0.3, -0.25) is 9.59 Å². The van der Waals surface area contributed by atoms with Gasteiger partial charge in [0.1, 0.15) is 19.0 Å². The Labute approximate surface area is 203 Å². The molecule has 1 saturated heterocycles. The molecule has 9 nitrogen and oxygen atoms in total. The quantitative estimate of drug-likeness (QED) is 0.329. The van der Waals surface area contributed by atoms with Crippen molar-refractivity contribution < 1.29 is 38.4 Å². The van der Waals surface area contributed by atoms with Gasteiger partial charge in [-0.05, 0) is 49.7 Å². The molecule has 186 valence electrons. The second-order valence-electron chi connectivity index (χ2n) is 7.92. The van der Waals surface area contributed by atoms with E-state index in [0.29, 0.717) is 60.6 Å². The van der Waals surface area contributed by atoms with Crippen molar-refractivity contribution in [3.05, 3.63) is 53.1 Å². The van der Waals surface area contributed by atoms with E-state index in [0.717, 1.165) is 0 Å². The first-order valence-electron chi connectivity index (χ1n) is 11.6. The van der Waals surface area contributed by atoms with Crippen LogP contribution >= 0.6 is 0 Å². The van der Waals surface area contributed by atoms with Gasteiger partial charge in [0.05, 0.1) is 31.4 Å². The Morgan fingerprint density at radius 2 is 1.71 bits per heavy atom. The molecule has 1 amide bonds. The van der Waals surface area contributed by atoms with E-state index < -0.39 is 17.7 Å². The van der Waals surface area contributed by atoms with Crippen LogP contribution < -0.4 is 18.9 Å². The fraction of sp³-hybridized carbons (Fsp3) is 0.385. The van der Waals surface area contributed by atoms with Crippen LogP contribution in [0.15, 0.2) is 42.0 Å². The zero-order valence-corrected chi connectivity index (χ0v) is 20.0. The number of rotatable bonds is 9. The van der Waals surface area contributed by atoms with Gasteiger partial charge < -0.3 is 33.7 Å². The fourth-order valence-corrected chi connectivity index (χ4v) is 4.23. The van der Waals surface area contributed by atoms with Gasteiger partial charge in [-0.1, -0.05) is 6.07 Å². The monoisotopic (exact) mass is 483 g/mol. The van der Waals surface area contributed by atoms with E-state index >= 15 is 0 Å². The Bertz CT molecular complexity index is 1140. The lowest BCUT2D eigenvalue weighted by Crippen LogP contribution is -2.32. The smallest absolute Gasteiger partial charge is 0.295 e. The van der Waals surface area contributed by atoms with Gasteiger partial charge in [0.2, 0.25) is 0 Å². The Morgan fingerprint density at radius 1 is 1.00 bits per heavy atom. The zero-order chi connectivity index (χ0) is 24.9. The molecule has 2 aromatic carbocycles. The molecule has 1 atom stereocenters. The highest BCUT2D eigenvalue weighted by Gasteiger charge is 2.46. The minimum Gasteiger partial charge on any atom is -0.507 e. The highest BCUT2D eigenvalue weighted by atomic mass is 16.6. The average Bonchev–Trinajstić information content (AvgIpc) is 3.13. The van der Waals surface area contributed by atoms with Crippen LogP contribution in [0.3, 0.4) is 0 Å². The molecule has 2 heterocycles. The Hall–Kier alpha value is -3.72. The lowest BCUT2D eigenvalue weighted by atomic mass is 9.94. The summed E-state index contributed by atoms with van der Waals surface area (Å²) in [5, 5.41) is 11.3. The highest BCUT2D eigenvalue weighted by Crippen LogP contribution is 2.43. The molecule has 0 aliphatic carbocycles. The topological polar surface area (TPSA) is 104 Å². The van der Waals surface area contributed by atoms with E-state index in [1.807, 2.05) is 13.8 Å². The number of nitrogens with zero attached hydrogens (tertiary/aromatic N) is 1. The molecule has 2 aromatic rings. The van der Waals surface area contributed by atoms with Crippen LogP contribution in [-0.2, 0) is 14.3 Å². The number of benzene rings is 2. The Balaban J connectivity index is 1.84. The van der Waals surface area contributed by atoms with Crippen molar-refractivity contribution in [3.8, 4) is 23.0 Å². The molecular weight excluding hydrogens is 454 g/mol. The predicted molar refractivity (Wildman–Crippen MR) is 127 cm³/mol. The summed E-state index contributed by atoms with van der Waals surface area (Å²) in [7, 11) is 1.52. The second-order valence-corrected chi connectivity index (χ2v) is 7.92. The van der Waals surface area contributed by atoms with Crippen molar-refractivity contribution in [2.45, 2.75) is 19.9 Å². The maximum atomic E-state index is 13.2. The molecule has 2 aliphatic heterocycles. The van der Waals surface area contributed by atoms with Gasteiger partial charge in [0, 0.05) is 19.2 Å². The molecule has 35 heavy (non-hydrogen) atoms. The minimum atomic E-state index is -0.840. The number of amides is 1. The summed E-state index contributed by atoms with van der Waals surface area (Å²) in [6.07, 6.45) is 0. The SMILES string of the molecule is CCOc1ccc([C@H]2/C(=C(\O)c3ccc4c(c3)OCCO4)C(=O)C(=O)N2CCOC)cc1OCC. The van der Waals surface area contributed by atoms with E-state index in [-0.39, 0.29) is 24.5 Å². The molecule has 4 rings (SSSR count). The van der Waals surface area contributed by atoms with Crippen molar-refractivity contribution >= 4 is 17.4 Å². The lowest BCUT2D eigenvalue weighted by Gasteiger charge is -2.26. The maximum absolute atomic E-state index is 13.2. The fourth-order valence-electron chi connectivity index (χ4n) is 4.23. The van der Waals surface area contributed by atoms with Crippen LogP contribution in [0.2, 0.25) is 0 Å². The van der Waals surface area contributed by atoms with Crippen molar-refractivity contribution in [2.75, 3.05) is 46.7 Å². The van der Waals surface area contributed by atoms with Crippen LogP contribution in [0.5, 0.6) is 23.0 Å². The highest BCUT2D eigenvalue weighted by molar-refractivity contribution is 6.46. The van der Waals surface area contributed by atoms with E-state index in [2.05, 4.69) is 0 Å². The molecular formula is C26H29NO8. The van der Waals surface area contributed by atoms with E-state index in [1.165, 1.54) is 12.0 Å². The van der Waals surface area contributed by atoms with Crippen LogP contribution in [-0.4, -0.2) is 68.4 Å².